The van der Waals surface area contributed by atoms with E-state index in [-0.39, 0.29) is 11.6 Å². The molecular formula is C11H11N5O5. The summed E-state index contributed by atoms with van der Waals surface area (Å²) in [4.78, 5) is 32.9. The van der Waals surface area contributed by atoms with Crippen LogP contribution < -0.4 is 16.7 Å². The summed E-state index contributed by atoms with van der Waals surface area (Å²) >= 11 is 0. The summed E-state index contributed by atoms with van der Waals surface area (Å²) in [6, 6.07) is 3.76. The molecule has 0 bridgehead atoms. The molecule has 0 aromatic carbocycles. The van der Waals surface area contributed by atoms with Crippen LogP contribution in [0.1, 0.15) is 5.76 Å². The summed E-state index contributed by atoms with van der Waals surface area (Å²) in [7, 11) is 2.83. The van der Waals surface area contributed by atoms with Crippen molar-refractivity contribution in [2.45, 2.75) is 0 Å². The molecule has 0 aliphatic rings. The highest BCUT2D eigenvalue weighted by molar-refractivity contribution is 5.76. The second-order valence-corrected chi connectivity index (χ2v) is 4.07. The first-order valence-corrected chi connectivity index (χ1v) is 5.70. The fraction of sp³-hybridized carbons (Fsp3) is 0.182. The predicted octanol–water partition coefficient (Wildman–Crippen LogP) is 0.0312. The van der Waals surface area contributed by atoms with E-state index >= 15 is 0 Å². The molecule has 0 atom stereocenters. The smallest absolute Gasteiger partial charge is 0.400 e. The number of aromatic nitrogens is 2. The van der Waals surface area contributed by atoms with Crippen LogP contribution in [0.25, 0.3) is 0 Å². The first kappa shape index (κ1) is 14.2. The monoisotopic (exact) mass is 293 g/mol. The van der Waals surface area contributed by atoms with Gasteiger partial charge in [-0.15, -0.1) is 0 Å². The Morgan fingerprint density at radius 2 is 2.05 bits per heavy atom. The molecule has 0 fully saturated rings. The van der Waals surface area contributed by atoms with E-state index in [0.29, 0.717) is 0 Å². The number of nitrogens with zero attached hydrogens (tertiary/aromatic N) is 4. The quantitative estimate of drug-likeness (QED) is 0.481. The minimum Gasteiger partial charge on any atom is -0.400 e. The third-order valence-corrected chi connectivity index (χ3v) is 2.69. The third-order valence-electron chi connectivity index (χ3n) is 2.69. The zero-order valence-corrected chi connectivity index (χ0v) is 11.1. The van der Waals surface area contributed by atoms with Gasteiger partial charge >= 0.3 is 11.6 Å². The Balaban J connectivity index is 2.20. The van der Waals surface area contributed by atoms with E-state index in [4.69, 9.17) is 4.42 Å². The van der Waals surface area contributed by atoms with Crippen molar-refractivity contribution in [3.8, 4) is 0 Å². The van der Waals surface area contributed by atoms with Crippen molar-refractivity contribution >= 4 is 17.9 Å². The van der Waals surface area contributed by atoms with Crippen molar-refractivity contribution in [3.05, 3.63) is 54.9 Å². The van der Waals surface area contributed by atoms with Crippen LogP contribution in [0.5, 0.6) is 0 Å². The predicted molar refractivity (Wildman–Crippen MR) is 73.5 cm³/mol. The zero-order valence-electron chi connectivity index (χ0n) is 11.1. The van der Waals surface area contributed by atoms with Gasteiger partial charge in [-0.2, -0.15) is 5.10 Å². The Morgan fingerprint density at radius 1 is 1.33 bits per heavy atom. The Labute approximate surface area is 117 Å². The van der Waals surface area contributed by atoms with Gasteiger partial charge < -0.3 is 4.42 Å². The summed E-state index contributed by atoms with van der Waals surface area (Å²) in [6.45, 7) is 0. The molecule has 110 valence electrons. The van der Waals surface area contributed by atoms with Gasteiger partial charge in [0, 0.05) is 20.2 Å². The lowest BCUT2D eigenvalue weighted by molar-refractivity contribution is -0.402. The summed E-state index contributed by atoms with van der Waals surface area (Å²) in [5.74, 6) is -0.0686. The van der Waals surface area contributed by atoms with Gasteiger partial charge in [0.2, 0.25) is 0 Å². The maximum Gasteiger partial charge on any atom is 0.433 e. The van der Waals surface area contributed by atoms with E-state index in [1.54, 1.807) is 0 Å². The van der Waals surface area contributed by atoms with Crippen LogP contribution in [0.15, 0.2) is 37.3 Å². The van der Waals surface area contributed by atoms with Crippen LogP contribution in [0.3, 0.4) is 0 Å². The molecule has 10 nitrogen and oxygen atoms in total. The van der Waals surface area contributed by atoms with Gasteiger partial charge in [0.25, 0.3) is 5.56 Å². The van der Waals surface area contributed by atoms with Crippen LogP contribution in [-0.2, 0) is 14.1 Å². The Bertz CT molecular complexity index is 828. The van der Waals surface area contributed by atoms with Gasteiger partial charge in [0.1, 0.15) is 10.7 Å². The van der Waals surface area contributed by atoms with Crippen molar-refractivity contribution in [1.29, 1.82) is 0 Å². The molecule has 0 saturated carbocycles. The van der Waals surface area contributed by atoms with Crippen LogP contribution in [0, 0.1) is 10.1 Å². The minimum absolute atomic E-state index is 0.156. The molecule has 0 saturated heterocycles. The number of hydrogen-bond acceptors (Lipinski definition) is 7. The highest BCUT2D eigenvalue weighted by Crippen LogP contribution is 2.13. The number of rotatable bonds is 4. The topological polar surface area (TPSA) is 125 Å². The first-order chi connectivity index (χ1) is 9.90. The molecule has 0 amide bonds. The first-order valence-electron chi connectivity index (χ1n) is 5.70. The Kier molecular flexibility index (Phi) is 3.69. The van der Waals surface area contributed by atoms with E-state index in [1.165, 1.54) is 43.1 Å². The summed E-state index contributed by atoms with van der Waals surface area (Å²) in [5.41, 5.74) is 1.51. The fourth-order valence-corrected chi connectivity index (χ4v) is 1.51. The van der Waals surface area contributed by atoms with Gasteiger partial charge in [-0.1, -0.05) is 0 Å². The van der Waals surface area contributed by atoms with Crippen LogP contribution >= 0.6 is 0 Å². The van der Waals surface area contributed by atoms with E-state index in [9.17, 15) is 19.7 Å². The number of hydrogen-bond donors (Lipinski definition) is 1. The second kappa shape index (κ2) is 5.45. The van der Waals surface area contributed by atoms with Crippen molar-refractivity contribution < 1.29 is 9.34 Å². The lowest BCUT2D eigenvalue weighted by atomic mass is 10.5. The van der Waals surface area contributed by atoms with E-state index in [0.717, 1.165) is 4.57 Å². The normalized spacial score (nSPS) is 11.0. The molecule has 2 rings (SSSR count). The number of nitro groups is 1. The van der Waals surface area contributed by atoms with Crippen molar-refractivity contribution in [2.24, 2.45) is 19.2 Å². The Hall–Kier alpha value is -3.17. The third kappa shape index (κ3) is 2.88. The molecule has 21 heavy (non-hydrogen) atoms. The average Bonchev–Trinajstić information content (AvgIpc) is 2.91. The van der Waals surface area contributed by atoms with Gasteiger partial charge in [0.15, 0.2) is 5.76 Å². The summed E-state index contributed by atoms with van der Waals surface area (Å²) in [6.07, 6.45) is 1.19. The molecular weight excluding hydrogens is 282 g/mol. The largest absolute Gasteiger partial charge is 0.433 e. The second-order valence-electron chi connectivity index (χ2n) is 4.07. The molecule has 1 N–H and O–H groups in total. The molecule has 0 aliphatic carbocycles. The van der Waals surface area contributed by atoms with Crippen molar-refractivity contribution in [3.63, 3.8) is 0 Å². The highest BCUT2D eigenvalue weighted by atomic mass is 16.6. The number of hydrazone groups is 1. The van der Waals surface area contributed by atoms with Crippen molar-refractivity contribution in [2.75, 3.05) is 5.43 Å². The van der Waals surface area contributed by atoms with E-state index < -0.39 is 22.1 Å². The standard InChI is InChI=1S/C11H11N5O5/c1-14-8(5-9(17)15(2)11(14)18)13-12-6-7-3-4-10(21-7)16(19)20/h3-6,13H,1-2H3. The lowest BCUT2D eigenvalue weighted by Crippen LogP contribution is -2.37. The van der Waals surface area contributed by atoms with Gasteiger partial charge in [-0.3, -0.25) is 29.5 Å². The maximum atomic E-state index is 11.7. The fourth-order valence-electron chi connectivity index (χ4n) is 1.51. The molecule has 0 spiro atoms. The van der Waals surface area contributed by atoms with Crippen LogP contribution in [-0.4, -0.2) is 20.3 Å². The van der Waals surface area contributed by atoms with E-state index in [2.05, 4.69) is 10.5 Å². The van der Waals surface area contributed by atoms with Gasteiger partial charge in [-0.25, -0.2) is 4.79 Å². The number of anilines is 1. The Morgan fingerprint density at radius 3 is 2.67 bits per heavy atom. The van der Waals surface area contributed by atoms with Crippen LogP contribution in [0.2, 0.25) is 0 Å². The molecule has 2 aromatic rings. The average molecular weight is 293 g/mol. The van der Waals surface area contributed by atoms with Crippen molar-refractivity contribution in [1.82, 2.24) is 9.13 Å². The maximum absolute atomic E-state index is 11.7. The van der Waals surface area contributed by atoms with Gasteiger partial charge in [-0.05, 0) is 6.07 Å². The summed E-state index contributed by atoms with van der Waals surface area (Å²) < 4.78 is 7.00. The minimum atomic E-state index is -0.671. The highest BCUT2D eigenvalue weighted by Gasteiger charge is 2.10. The molecule has 0 radical (unpaired) electrons. The van der Waals surface area contributed by atoms with Gasteiger partial charge in [0.05, 0.1) is 12.3 Å². The van der Waals surface area contributed by atoms with E-state index in [1.807, 2.05) is 0 Å². The lowest BCUT2D eigenvalue weighted by Gasteiger charge is -2.07. The zero-order chi connectivity index (χ0) is 15.6. The SMILES string of the molecule is Cn1c(NN=Cc2ccc([N+](=O)[O-])o2)cc(=O)n(C)c1=O. The van der Waals surface area contributed by atoms with Crippen LogP contribution in [0.4, 0.5) is 11.7 Å². The molecule has 2 heterocycles. The molecule has 10 heteroatoms. The summed E-state index contributed by atoms with van der Waals surface area (Å²) in [5, 5.41) is 14.2. The number of furan rings is 1. The molecule has 0 aliphatic heterocycles. The number of nitrogens with one attached hydrogen (secondary N) is 1. The molecule has 2 aromatic heterocycles. The molecule has 0 unspecified atom stereocenters.